The lowest BCUT2D eigenvalue weighted by atomic mass is 10.1. The van der Waals surface area contributed by atoms with Crippen molar-refractivity contribution in [2.24, 2.45) is 0 Å². The van der Waals surface area contributed by atoms with Gasteiger partial charge in [-0.15, -0.1) is 0 Å². The Morgan fingerprint density at radius 1 is 1.31 bits per heavy atom. The predicted molar refractivity (Wildman–Crippen MR) is 49.2 cm³/mol. The number of hydrogen-bond donors (Lipinski definition) is 0. The van der Waals surface area contributed by atoms with E-state index in [0.29, 0.717) is 21.6 Å². The molecule has 0 N–H and O–H groups in total. The van der Waals surface area contributed by atoms with Crippen LogP contribution < -0.4 is 0 Å². The minimum absolute atomic E-state index is 0.288. The summed E-state index contributed by atoms with van der Waals surface area (Å²) < 4.78 is 13.1. The molecule has 2 nitrogen and oxygen atoms in total. The molecule has 1 aromatic heterocycles. The van der Waals surface area contributed by atoms with Gasteiger partial charge in [-0.3, -0.25) is 0 Å². The van der Waals surface area contributed by atoms with Crippen LogP contribution in [0.4, 0.5) is 4.39 Å². The Morgan fingerprint density at radius 2 is 2.08 bits per heavy atom. The Morgan fingerprint density at radius 3 is 2.85 bits per heavy atom. The van der Waals surface area contributed by atoms with Gasteiger partial charge in [0, 0.05) is 5.39 Å². The molecule has 0 fully saturated rings. The molecule has 2 rings (SSSR count). The number of hydrogen-bond acceptors (Lipinski definition) is 2. The number of nitrogens with zero attached hydrogens (tertiary/aromatic N) is 2. The van der Waals surface area contributed by atoms with Crippen molar-refractivity contribution in [2.45, 2.75) is 6.92 Å². The molecule has 0 amide bonds. The Labute approximate surface area is 79.4 Å². The summed E-state index contributed by atoms with van der Waals surface area (Å²) in [6.45, 7) is 1.66. The third-order valence-electron chi connectivity index (χ3n) is 1.95. The van der Waals surface area contributed by atoms with Crippen LogP contribution in [0, 0.1) is 12.7 Å². The lowest BCUT2D eigenvalue weighted by Crippen LogP contribution is -1.89. The van der Waals surface area contributed by atoms with Crippen LogP contribution in [0.1, 0.15) is 5.56 Å². The fourth-order valence-corrected chi connectivity index (χ4v) is 1.53. The second kappa shape index (κ2) is 2.92. The lowest BCUT2D eigenvalue weighted by molar-refractivity contribution is 0.621. The predicted octanol–water partition coefficient (Wildman–Crippen LogP) is 2.73. The molecule has 66 valence electrons. The van der Waals surface area contributed by atoms with Gasteiger partial charge in [0.15, 0.2) is 0 Å². The number of fused-ring (bicyclic) bond motifs is 1. The first kappa shape index (κ1) is 8.38. The summed E-state index contributed by atoms with van der Waals surface area (Å²) >= 11 is 5.82. The summed E-state index contributed by atoms with van der Waals surface area (Å²) in [5.74, 6) is -0.288. The number of benzene rings is 1. The second-order valence-electron chi connectivity index (χ2n) is 2.73. The summed E-state index contributed by atoms with van der Waals surface area (Å²) in [5, 5.41) is 0.881. The molecule has 0 aliphatic heterocycles. The molecule has 1 heterocycles. The number of rotatable bonds is 0. The SMILES string of the molecule is Cc1c(F)ccc2ncnc(Cl)c12. The van der Waals surface area contributed by atoms with Gasteiger partial charge in [0.05, 0.1) is 5.52 Å². The monoisotopic (exact) mass is 196 g/mol. The zero-order valence-corrected chi connectivity index (χ0v) is 7.64. The van der Waals surface area contributed by atoms with Crippen molar-refractivity contribution in [1.29, 1.82) is 0 Å². The topological polar surface area (TPSA) is 25.8 Å². The fourth-order valence-electron chi connectivity index (χ4n) is 1.25. The second-order valence-corrected chi connectivity index (χ2v) is 3.09. The van der Waals surface area contributed by atoms with Gasteiger partial charge in [-0.25, -0.2) is 14.4 Å². The molecule has 0 spiro atoms. The van der Waals surface area contributed by atoms with Gasteiger partial charge in [0.25, 0.3) is 0 Å². The molecular weight excluding hydrogens is 191 g/mol. The maximum Gasteiger partial charge on any atom is 0.140 e. The molecule has 0 radical (unpaired) electrons. The molecule has 0 atom stereocenters. The first-order chi connectivity index (χ1) is 6.20. The van der Waals surface area contributed by atoms with E-state index < -0.39 is 0 Å². The normalized spacial score (nSPS) is 10.7. The minimum Gasteiger partial charge on any atom is -0.236 e. The number of aromatic nitrogens is 2. The first-order valence-electron chi connectivity index (χ1n) is 3.75. The van der Waals surface area contributed by atoms with Gasteiger partial charge in [-0.2, -0.15) is 0 Å². The van der Waals surface area contributed by atoms with Gasteiger partial charge in [0.2, 0.25) is 0 Å². The molecule has 1 aromatic carbocycles. The summed E-state index contributed by atoms with van der Waals surface area (Å²) in [6, 6.07) is 2.96. The molecule has 13 heavy (non-hydrogen) atoms. The van der Waals surface area contributed by atoms with Gasteiger partial charge in [-0.05, 0) is 24.6 Å². The number of aryl methyl sites for hydroxylation is 1. The van der Waals surface area contributed by atoms with Crippen LogP contribution in [-0.2, 0) is 0 Å². The van der Waals surface area contributed by atoms with Gasteiger partial charge >= 0.3 is 0 Å². The van der Waals surface area contributed by atoms with E-state index in [1.54, 1.807) is 13.0 Å². The van der Waals surface area contributed by atoms with Crippen molar-refractivity contribution in [3.05, 3.63) is 35.0 Å². The molecule has 0 aliphatic rings. The molecule has 2 aromatic rings. The van der Waals surface area contributed by atoms with Gasteiger partial charge in [-0.1, -0.05) is 11.6 Å². The van der Waals surface area contributed by atoms with E-state index in [0.717, 1.165) is 0 Å². The van der Waals surface area contributed by atoms with Crippen LogP contribution in [0.15, 0.2) is 18.5 Å². The van der Waals surface area contributed by atoms with E-state index in [2.05, 4.69) is 9.97 Å². The third kappa shape index (κ3) is 1.25. The van der Waals surface area contributed by atoms with Gasteiger partial charge < -0.3 is 0 Å². The van der Waals surface area contributed by atoms with Crippen LogP contribution in [0.2, 0.25) is 5.15 Å². The van der Waals surface area contributed by atoms with Crippen molar-refractivity contribution in [1.82, 2.24) is 9.97 Å². The highest BCUT2D eigenvalue weighted by atomic mass is 35.5. The highest BCUT2D eigenvalue weighted by Crippen LogP contribution is 2.24. The maximum atomic E-state index is 13.1. The summed E-state index contributed by atoms with van der Waals surface area (Å²) in [5.41, 5.74) is 1.15. The molecular formula is C9H6ClFN2. The van der Waals surface area contributed by atoms with Crippen LogP contribution in [-0.4, -0.2) is 9.97 Å². The first-order valence-corrected chi connectivity index (χ1v) is 4.13. The average Bonchev–Trinajstić information content (AvgIpc) is 2.12. The summed E-state index contributed by atoms with van der Waals surface area (Å²) in [7, 11) is 0. The molecule has 0 bridgehead atoms. The zero-order chi connectivity index (χ0) is 9.42. The van der Waals surface area contributed by atoms with E-state index in [9.17, 15) is 4.39 Å². The van der Waals surface area contributed by atoms with Gasteiger partial charge in [0.1, 0.15) is 17.3 Å². The Bertz CT molecular complexity index is 470. The highest BCUT2D eigenvalue weighted by molar-refractivity contribution is 6.34. The average molecular weight is 197 g/mol. The van der Waals surface area contributed by atoms with Crippen LogP contribution >= 0.6 is 11.6 Å². The van der Waals surface area contributed by atoms with Crippen molar-refractivity contribution in [3.63, 3.8) is 0 Å². The molecule has 0 saturated heterocycles. The standard InChI is InChI=1S/C9H6ClFN2/c1-5-6(11)2-3-7-8(5)9(10)13-4-12-7/h2-4H,1H3. The third-order valence-corrected chi connectivity index (χ3v) is 2.24. The summed E-state index contributed by atoms with van der Waals surface area (Å²) in [4.78, 5) is 7.78. The van der Waals surface area contributed by atoms with E-state index in [1.807, 2.05) is 0 Å². The van der Waals surface area contributed by atoms with Crippen molar-refractivity contribution < 1.29 is 4.39 Å². The van der Waals surface area contributed by atoms with E-state index in [1.165, 1.54) is 12.4 Å². The number of halogens is 2. The molecule has 4 heteroatoms. The highest BCUT2D eigenvalue weighted by Gasteiger charge is 2.07. The smallest absolute Gasteiger partial charge is 0.140 e. The lowest BCUT2D eigenvalue weighted by Gasteiger charge is -2.02. The molecule has 0 unspecified atom stereocenters. The Hall–Kier alpha value is -1.22. The van der Waals surface area contributed by atoms with Crippen molar-refractivity contribution in [3.8, 4) is 0 Å². The summed E-state index contributed by atoms with van der Waals surface area (Å²) in [6.07, 6.45) is 1.36. The Kier molecular flexibility index (Phi) is 1.88. The van der Waals surface area contributed by atoms with E-state index >= 15 is 0 Å². The maximum absolute atomic E-state index is 13.1. The van der Waals surface area contributed by atoms with E-state index in [4.69, 9.17) is 11.6 Å². The van der Waals surface area contributed by atoms with Crippen molar-refractivity contribution >= 4 is 22.5 Å². The van der Waals surface area contributed by atoms with Crippen molar-refractivity contribution in [2.75, 3.05) is 0 Å². The molecule has 0 saturated carbocycles. The van der Waals surface area contributed by atoms with Crippen LogP contribution in [0.5, 0.6) is 0 Å². The van der Waals surface area contributed by atoms with E-state index in [-0.39, 0.29) is 5.82 Å². The van der Waals surface area contributed by atoms with Crippen LogP contribution in [0.3, 0.4) is 0 Å². The molecule has 0 aliphatic carbocycles. The quantitative estimate of drug-likeness (QED) is 0.606. The zero-order valence-electron chi connectivity index (χ0n) is 6.88. The van der Waals surface area contributed by atoms with Crippen LogP contribution in [0.25, 0.3) is 10.9 Å². The minimum atomic E-state index is -0.288. The largest absolute Gasteiger partial charge is 0.236 e. The Balaban J connectivity index is 2.97. The fraction of sp³-hybridized carbons (Fsp3) is 0.111.